The van der Waals surface area contributed by atoms with Gasteiger partial charge in [0.25, 0.3) is 0 Å². The summed E-state index contributed by atoms with van der Waals surface area (Å²) in [6.45, 7) is 3.91. The van der Waals surface area contributed by atoms with Crippen molar-refractivity contribution in [3.05, 3.63) is 52.8 Å². The van der Waals surface area contributed by atoms with Crippen molar-refractivity contribution in [2.45, 2.75) is 32.9 Å². The fraction of sp³-hybridized carbons (Fsp3) is 0.286. The van der Waals surface area contributed by atoms with Gasteiger partial charge in [0, 0.05) is 22.3 Å². The Hall–Kier alpha value is -2.59. The number of aromatic nitrogens is 4. The Kier molecular flexibility index (Phi) is 6.19. The summed E-state index contributed by atoms with van der Waals surface area (Å²) in [5, 5.41) is 27.6. The van der Waals surface area contributed by atoms with Crippen molar-refractivity contribution in [2.75, 3.05) is 11.9 Å². The maximum Gasteiger partial charge on any atom is 0.142 e. The zero-order valence-electron chi connectivity index (χ0n) is 16.9. The molecule has 0 saturated heterocycles. The predicted octanol–water partition coefficient (Wildman–Crippen LogP) is 4.31. The fourth-order valence-electron chi connectivity index (χ4n) is 3.41. The van der Waals surface area contributed by atoms with Crippen LogP contribution in [0.3, 0.4) is 0 Å². The highest BCUT2D eigenvalue weighted by molar-refractivity contribution is 7.22. The Morgan fingerprint density at radius 1 is 1.32 bits per heavy atom. The van der Waals surface area contributed by atoms with E-state index in [-0.39, 0.29) is 18.2 Å². The molecule has 0 aliphatic heterocycles. The molecule has 0 aliphatic rings. The second kappa shape index (κ2) is 8.88. The zero-order valence-corrected chi connectivity index (χ0v) is 18.5. The van der Waals surface area contributed by atoms with E-state index in [1.165, 1.54) is 29.8 Å². The minimum absolute atomic E-state index is 0.0306. The number of halogens is 2. The number of aryl methyl sites for hydroxylation is 2. The summed E-state index contributed by atoms with van der Waals surface area (Å²) in [5.74, 6) is 0.123. The molecule has 0 spiro atoms. The van der Waals surface area contributed by atoms with E-state index in [1.807, 2.05) is 20.0 Å². The lowest BCUT2D eigenvalue weighted by Crippen LogP contribution is -2.20. The Labute approximate surface area is 187 Å². The Bertz CT molecular complexity index is 1240. The molecule has 0 amide bonds. The van der Waals surface area contributed by atoms with E-state index >= 15 is 0 Å². The molecule has 0 saturated carbocycles. The van der Waals surface area contributed by atoms with Crippen LogP contribution in [0.5, 0.6) is 0 Å². The van der Waals surface area contributed by atoms with Crippen LogP contribution in [-0.4, -0.2) is 42.7 Å². The molecule has 3 N–H and O–H groups in total. The van der Waals surface area contributed by atoms with Crippen LogP contribution >= 0.6 is 22.9 Å². The summed E-state index contributed by atoms with van der Waals surface area (Å²) in [7, 11) is 0. The number of benzene rings is 1. The first kappa shape index (κ1) is 21.6. The number of thiophene rings is 1. The molecule has 10 heteroatoms. The van der Waals surface area contributed by atoms with Gasteiger partial charge in [-0.3, -0.25) is 4.68 Å². The summed E-state index contributed by atoms with van der Waals surface area (Å²) in [5.41, 5.74) is 3.48. The molecule has 1 aromatic carbocycles. The quantitative estimate of drug-likeness (QED) is 0.379. The van der Waals surface area contributed by atoms with Gasteiger partial charge in [0.15, 0.2) is 0 Å². The molecule has 3 aromatic heterocycles. The van der Waals surface area contributed by atoms with Crippen LogP contribution in [0, 0.1) is 12.7 Å². The molecule has 0 bridgehead atoms. The van der Waals surface area contributed by atoms with E-state index in [0.717, 1.165) is 38.3 Å². The van der Waals surface area contributed by atoms with Crippen molar-refractivity contribution >= 4 is 44.7 Å². The van der Waals surface area contributed by atoms with Crippen LogP contribution in [0.25, 0.3) is 20.7 Å². The first-order valence-electron chi connectivity index (χ1n) is 9.73. The molecule has 0 unspecified atom stereocenters. The maximum atomic E-state index is 13.5. The second-order valence-corrected chi connectivity index (χ2v) is 8.52. The largest absolute Gasteiger partial charge is 0.394 e. The number of rotatable bonds is 7. The van der Waals surface area contributed by atoms with Crippen LogP contribution in [0.1, 0.15) is 18.2 Å². The van der Waals surface area contributed by atoms with E-state index in [4.69, 9.17) is 16.7 Å². The highest BCUT2D eigenvalue weighted by Crippen LogP contribution is 2.41. The number of aliphatic hydroxyl groups is 2. The summed E-state index contributed by atoms with van der Waals surface area (Å²) in [4.78, 5) is 10.6. The highest BCUT2D eigenvalue weighted by Gasteiger charge is 2.20. The number of hydrogen-bond donors (Lipinski definition) is 3. The average molecular weight is 462 g/mol. The molecule has 0 fully saturated rings. The third kappa shape index (κ3) is 4.27. The van der Waals surface area contributed by atoms with E-state index in [9.17, 15) is 9.50 Å². The van der Waals surface area contributed by atoms with Gasteiger partial charge in [-0.25, -0.2) is 14.4 Å². The van der Waals surface area contributed by atoms with Gasteiger partial charge in [-0.15, -0.1) is 11.3 Å². The van der Waals surface area contributed by atoms with Crippen molar-refractivity contribution in [1.82, 2.24) is 19.7 Å². The van der Waals surface area contributed by atoms with E-state index in [0.29, 0.717) is 11.5 Å². The van der Waals surface area contributed by atoms with Crippen molar-refractivity contribution in [2.24, 2.45) is 0 Å². The number of hydrogen-bond acceptors (Lipinski definition) is 7. The number of aliphatic hydroxyl groups excluding tert-OH is 2. The fourth-order valence-corrected chi connectivity index (χ4v) is 4.77. The molecule has 162 valence electrons. The highest BCUT2D eigenvalue weighted by atomic mass is 35.5. The van der Waals surface area contributed by atoms with E-state index in [2.05, 4.69) is 20.4 Å². The van der Waals surface area contributed by atoms with Gasteiger partial charge in [0.05, 0.1) is 35.4 Å². The predicted molar refractivity (Wildman–Crippen MR) is 121 cm³/mol. The summed E-state index contributed by atoms with van der Waals surface area (Å²) in [6.07, 6.45) is 3.22. The number of nitrogens with zero attached hydrogens (tertiary/aromatic N) is 4. The van der Waals surface area contributed by atoms with Crippen LogP contribution in [-0.2, 0) is 13.0 Å². The summed E-state index contributed by atoms with van der Waals surface area (Å²) in [6, 6.07) is 4.42. The Morgan fingerprint density at radius 2 is 2.13 bits per heavy atom. The topological polar surface area (TPSA) is 96.1 Å². The molecular formula is C21H21ClFN5O2S. The Morgan fingerprint density at radius 3 is 2.84 bits per heavy atom. The summed E-state index contributed by atoms with van der Waals surface area (Å²) < 4.78 is 15.2. The van der Waals surface area contributed by atoms with Crippen molar-refractivity contribution < 1.29 is 14.6 Å². The number of anilines is 2. The van der Waals surface area contributed by atoms with Gasteiger partial charge in [-0.05, 0) is 37.1 Å². The van der Waals surface area contributed by atoms with Crippen LogP contribution in [0.2, 0.25) is 5.02 Å². The Balaban J connectivity index is 1.77. The minimum atomic E-state index is -0.870. The van der Waals surface area contributed by atoms with Gasteiger partial charge in [0.1, 0.15) is 22.8 Å². The summed E-state index contributed by atoms with van der Waals surface area (Å²) >= 11 is 7.44. The molecule has 3 heterocycles. The van der Waals surface area contributed by atoms with Gasteiger partial charge < -0.3 is 15.5 Å². The lowest BCUT2D eigenvalue weighted by atomic mass is 10.1. The molecule has 0 aliphatic carbocycles. The zero-order chi connectivity index (χ0) is 22.1. The first-order valence-corrected chi connectivity index (χ1v) is 10.9. The van der Waals surface area contributed by atoms with Crippen LogP contribution in [0.15, 0.2) is 30.7 Å². The molecule has 4 aromatic rings. The van der Waals surface area contributed by atoms with Gasteiger partial charge in [-0.2, -0.15) is 5.10 Å². The molecule has 31 heavy (non-hydrogen) atoms. The van der Waals surface area contributed by atoms with E-state index < -0.39 is 11.9 Å². The van der Waals surface area contributed by atoms with E-state index in [1.54, 1.807) is 10.7 Å². The van der Waals surface area contributed by atoms with Crippen molar-refractivity contribution in [1.29, 1.82) is 0 Å². The van der Waals surface area contributed by atoms with Gasteiger partial charge in [0.2, 0.25) is 0 Å². The standard InChI is InChI=1S/C21H21ClFN5O2S/c1-3-17-14(8-28(27-17)7-13(30)9-29)19-11(2)18-20(24-10-25-21(18)31-19)26-12-4-5-16(23)15(22)6-12/h4-6,8,10,13,29-30H,3,7,9H2,1-2H3,(H,24,25,26)/t13-/m0/s1. The second-order valence-electron chi connectivity index (χ2n) is 7.11. The number of fused-ring (bicyclic) bond motifs is 1. The maximum absolute atomic E-state index is 13.5. The lowest BCUT2D eigenvalue weighted by Gasteiger charge is -2.08. The molecule has 1 atom stereocenters. The van der Waals surface area contributed by atoms with Crippen LogP contribution in [0.4, 0.5) is 15.9 Å². The molecule has 0 radical (unpaired) electrons. The monoisotopic (exact) mass is 461 g/mol. The molecule has 4 rings (SSSR count). The molecule has 7 nitrogen and oxygen atoms in total. The minimum Gasteiger partial charge on any atom is -0.394 e. The SMILES string of the molecule is CCc1nn(C[C@H](O)CO)cc1-c1sc2ncnc(Nc3ccc(F)c(Cl)c3)c2c1C. The van der Waals surface area contributed by atoms with Crippen LogP contribution < -0.4 is 5.32 Å². The molecular weight excluding hydrogens is 441 g/mol. The first-order chi connectivity index (χ1) is 14.9. The average Bonchev–Trinajstić information content (AvgIpc) is 3.31. The van der Waals surface area contributed by atoms with Gasteiger partial charge in [-0.1, -0.05) is 18.5 Å². The third-order valence-corrected chi connectivity index (χ3v) is 6.46. The lowest BCUT2D eigenvalue weighted by molar-refractivity contribution is 0.0782. The van der Waals surface area contributed by atoms with Crippen molar-refractivity contribution in [3.63, 3.8) is 0 Å². The van der Waals surface area contributed by atoms with Gasteiger partial charge >= 0.3 is 0 Å². The number of nitrogens with one attached hydrogen (secondary N) is 1. The third-order valence-electron chi connectivity index (χ3n) is 4.94. The van der Waals surface area contributed by atoms with Crippen molar-refractivity contribution in [3.8, 4) is 10.4 Å². The normalized spacial score (nSPS) is 12.5. The smallest absolute Gasteiger partial charge is 0.142 e.